The SMILES string of the molecule is CN(C(=O)C1CC2(C1)CN(C(=O)O)C2)C(c1ccc(NC2Cc3ccccc3C2(C)C)nc1)C(F)(F)F. The van der Waals surface area contributed by atoms with Crippen molar-refractivity contribution in [3.8, 4) is 0 Å². The van der Waals surface area contributed by atoms with E-state index in [4.69, 9.17) is 5.11 Å². The van der Waals surface area contributed by atoms with E-state index in [9.17, 15) is 22.8 Å². The van der Waals surface area contributed by atoms with Gasteiger partial charge in [0.1, 0.15) is 5.82 Å². The molecule has 1 aliphatic heterocycles. The Hall–Kier alpha value is -3.30. The van der Waals surface area contributed by atoms with Crippen molar-refractivity contribution in [1.29, 1.82) is 0 Å². The fourth-order valence-electron chi connectivity index (χ4n) is 6.42. The first-order valence-electron chi connectivity index (χ1n) is 12.4. The fraction of sp³-hybridized carbons (Fsp3) is 0.519. The molecule has 2 heterocycles. The lowest BCUT2D eigenvalue weighted by atomic mass is 9.57. The minimum absolute atomic E-state index is 0.0420. The Morgan fingerprint density at radius 3 is 2.41 bits per heavy atom. The van der Waals surface area contributed by atoms with Gasteiger partial charge in [-0.25, -0.2) is 9.78 Å². The lowest BCUT2D eigenvalue weighted by molar-refractivity contribution is -0.195. The van der Waals surface area contributed by atoms with Crippen LogP contribution in [0, 0.1) is 11.3 Å². The number of hydrogen-bond acceptors (Lipinski definition) is 4. The van der Waals surface area contributed by atoms with Gasteiger partial charge < -0.3 is 20.2 Å². The summed E-state index contributed by atoms with van der Waals surface area (Å²) in [5.41, 5.74) is 1.96. The lowest BCUT2D eigenvalue weighted by Crippen LogP contribution is -2.65. The van der Waals surface area contributed by atoms with Gasteiger partial charge in [0.15, 0.2) is 6.04 Å². The second kappa shape index (κ2) is 8.63. The molecule has 0 bridgehead atoms. The highest BCUT2D eigenvalue weighted by atomic mass is 19.4. The molecule has 2 fully saturated rings. The first-order valence-corrected chi connectivity index (χ1v) is 12.4. The molecular weight excluding hydrogens is 485 g/mol. The van der Waals surface area contributed by atoms with E-state index in [-0.39, 0.29) is 22.4 Å². The number of likely N-dealkylation sites (tertiary alicyclic amines) is 1. The molecule has 2 aliphatic carbocycles. The number of nitrogens with one attached hydrogen (secondary N) is 1. The highest BCUT2D eigenvalue weighted by Crippen LogP contribution is 2.53. The summed E-state index contributed by atoms with van der Waals surface area (Å²) in [6.07, 6.45) is -2.88. The molecule has 2 N–H and O–H groups in total. The number of fused-ring (bicyclic) bond motifs is 1. The maximum absolute atomic E-state index is 14.1. The topological polar surface area (TPSA) is 85.8 Å². The summed E-state index contributed by atoms with van der Waals surface area (Å²) in [4.78, 5) is 30.3. The molecule has 3 aliphatic rings. The van der Waals surface area contributed by atoms with Crippen LogP contribution < -0.4 is 5.32 Å². The summed E-state index contributed by atoms with van der Waals surface area (Å²) in [6, 6.07) is 9.05. The van der Waals surface area contributed by atoms with E-state index >= 15 is 0 Å². The molecule has 2 amide bonds. The van der Waals surface area contributed by atoms with Crippen LogP contribution in [0.15, 0.2) is 42.6 Å². The molecule has 5 rings (SSSR count). The molecule has 0 radical (unpaired) electrons. The number of amides is 2. The number of carboxylic acid groups (broad SMARTS) is 1. The molecule has 198 valence electrons. The van der Waals surface area contributed by atoms with Gasteiger partial charge in [0.05, 0.1) is 0 Å². The highest BCUT2D eigenvalue weighted by Gasteiger charge is 2.57. The van der Waals surface area contributed by atoms with Gasteiger partial charge >= 0.3 is 12.3 Å². The van der Waals surface area contributed by atoms with Crippen LogP contribution in [-0.2, 0) is 16.6 Å². The predicted molar refractivity (Wildman–Crippen MR) is 131 cm³/mol. The van der Waals surface area contributed by atoms with Crippen LogP contribution >= 0.6 is 0 Å². The number of hydrogen-bond donors (Lipinski definition) is 2. The molecular formula is C27H31F3N4O3. The van der Waals surface area contributed by atoms with E-state index in [0.29, 0.717) is 31.7 Å². The molecule has 1 saturated carbocycles. The normalized spacial score (nSPS) is 22.5. The number of nitrogens with zero attached hydrogens (tertiary/aromatic N) is 3. The first kappa shape index (κ1) is 25.4. The van der Waals surface area contributed by atoms with Crippen LogP contribution in [0.2, 0.25) is 0 Å². The standard InChI is InChI=1S/C27H31F3N4O3/c1-25(2)19-7-5-4-6-16(19)10-20(25)32-21-9-8-17(13-31-21)22(27(28,29)30)33(3)23(35)18-11-26(12-18)14-34(15-26)24(36)37/h4-9,13,18,20,22H,10-12,14-15H2,1-3H3,(H,31,32)(H,36,37). The summed E-state index contributed by atoms with van der Waals surface area (Å²) >= 11 is 0. The number of pyridine rings is 1. The van der Waals surface area contributed by atoms with Crippen molar-refractivity contribution in [2.24, 2.45) is 11.3 Å². The van der Waals surface area contributed by atoms with E-state index in [2.05, 4.69) is 36.3 Å². The van der Waals surface area contributed by atoms with Crippen molar-refractivity contribution in [3.63, 3.8) is 0 Å². The third-order valence-corrected chi connectivity index (χ3v) is 8.51. The van der Waals surface area contributed by atoms with Crippen LogP contribution in [0.5, 0.6) is 0 Å². The monoisotopic (exact) mass is 516 g/mol. The molecule has 10 heteroatoms. The number of halogens is 3. The van der Waals surface area contributed by atoms with Gasteiger partial charge in [-0.3, -0.25) is 4.79 Å². The molecule has 2 atom stereocenters. The van der Waals surface area contributed by atoms with E-state index < -0.39 is 30.1 Å². The maximum Gasteiger partial charge on any atom is 0.413 e. The Balaban J connectivity index is 1.26. The predicted octanol–water partition coefficient (Wildman–Crippen LogP) is 4.85. The van der Waals surface area contributed by atoms with E-state index in [1.165, 1.54) is 35.3 Å². The van der Waals surface area contributed by atoms with Crippen molar-refractivity contribution in [2.75, 3.05) is 25.5 Å². The van der Waals surface area contributed by atoms with Crippen LogP contribution in [0.25, 0.3) is 0 Å². The van der Waals surface area contributed by atoms with E-state index in [1.807, 2.05) is 12.1 Å². The summed E-state index contributed by atoms with van der Waals surface area (Å²) < 4.78 is 42.4. The second-order valence-corrected chi connectivity index (χ2v) is 11.4. The number of benzene rings is 1. The van der Waals surface area contributed by atoms with E-state index in [1.54, 1.807) is 6.07 Å². The Morgan fingerprint density at radius 2 is 1.84 bits per heavy atom. The largest absolute Gasteiger partial charge is 0.465 e. The summed E-state index contributed by atoms with van der Waals surface area (Å²) in [5, 5.41) is 12.4. The summed E-state index contributed by atoms with van der Waals surface area (Å²) in [5.74, 6) is -0.626. The van der Waals surface area contributed by atoms with Crippen molar-refractivity contribution in [2.45, 2.75) is 56.8 Å². The zero-order chi connectivity index (χ0) is 26.8. The summed E-state index contributed by atoms with van der Waals surface area (Å²) in [7, 11) is 1.18. The third-order valence-electron chi connectivity index (χ3n) is 8.51. The van der Waals surface area contributed by atoms with Gasteiger partial charge in [-0.1, -0.05) is 44.2 Å². The van der Waals surface area contributed by atoms with Crippen LogP contribution in [0.1, 0.15) is 49.4 Å². The molecule has 1 aromatic carbocycles. The van der Waals surface area contributed by atoms with E-state index in [0.717, 1.165) is 11.3 Å². The van der Waals surface area contributed by atoms with Gasteiger partial charge in [-0.2, -0.15) is 13.2 Å². The summed E-state index contributed by atoms with van der Waals surface area (Å²) in [6.45, 7) is 4.94. The average molecular weight is 517 g/mol. The molecule has 37 heavy (non-hydrogen) atoms. The molecule has 2 aromatic rings. The smallest absolute Gasteiger partial charge is 0.413 e. The van der Waals surface area contributed by atoms with Gasteiger partial charge in [0.2, 0.25) is 5.91 Å². The number of carbonyl (C=O) groups excluding carboxylic acids is 1. The Morgan fingerprint density at radius 1 is 1.16 bits per heavy atom. The fourth-order valence-corrected chi connectivity index (χ4v) is 6.42. The first-order chi connectivity index (χ1) is 17.3. The van der Waals surface area contributed by atoms with Crippen LogP contribution in [-0.4, -0.2) is 64.2 Å². The number of rotatable bonds is 5. The van der Waals surface area contributed by atoms with Crippen LogP contribution in [0.3, 0.4) is 0 Å². The molecule has 1 saturated heterocycles. The molecule has 7 nitrogen and oxygen atoms in total. The van der Waals surface area contributed by atoms with Crippen molar-refractivity contribution >= 4 is 17.8 Å². The van der Waals surface area contributed by atoms with Crippen molar-refractivity contribution in [3.05, 3.63) is 59.3 Å². The molecule has 1 aromatic heterocycles. The number of alkyl halides is 3. The van der Waals surface area contributed by atoms with Gasteiger partial charge in [0, 0.05) is 54.7 Å². The Labute approximate surface area is 213 Å². The van der Waals surface area contributed by atoms with Crippen molar-refractivity contribution < 1.29 is 27.9 Å². The quantitative estimate of drug-likeness (QED) is 0.594. The maximum atomic E-state index is 14.1. The molecule has 2 unspecified atom stereocenters. The number of aromatic nitrogens is 1. The second-order valence-electron chi connectivity index (χ2n) is 11.4. The Bertz CT molecular complexity index is 1200. The van der Waals surface area contributed by atoms with Gasteiger partial charge in [-0.05, 0) is 36.5 Å². The molecule has 1 spiro atoms. The number of anilines is 1. The van der Waals surface area contributed by atoms with Gasteiger partial charge in [0.25, 0.3) is 0 Å². The Kier molecular flexibility index (Phi) is 5.91. The van der Waals surface area contributed by atoms with Gasteiger partial charge in [-0.15, -0.1) is 0 Å². The number of carbonyl (C=O) groups is 2. The minimum atomic E-state index is -4.67. The third kappa shape index (κ3) is 4.40. The zero-order valence-electron chi connectivity index (χ0n) is 21.0. The minimum Gasteiger partial charge on any atom is -0.465 e. The van der Waals surface area contributed by atoms with Crippen LogP contribution in [0.4, 0.5) is 23.8 Å². The lowest BCUT2D eigenvalue weighted by Gasteiger charge is -2.58. The zero-order valence-corrected chi connectivity index (χ0v) is 21.0. The highest BCUT2D eigenvalue weighted by molar-refractivity contribution is 5.80. The van der Waals surface area contributed by atoms with Crippen molar-refractivity contribution in [1.82, 2.24) is 14.8 Å². The average Bonchev–Trinajstić information content (AvgIpc) is 3.01.